The zero-order valence-electron chi connectivity index (χ0n) is 14.0. The number of hydrogen-bond donors (Lipinski definition) is 0. The molecule has 2 rings (SSSR count). The van der Waals surface area contributed by atoms with Crippen molar-refractivity contribution in [1.29, 1.82) is 0 Å². The third-order valence-electron chi connectivity index (χ3n) is 4.37. The quantitative estimate of drug-likeness (QED) is 0.605. The molecule has 23 heavy (non-hydrogen) atoms. The second-order valence-electron chi connectivity index (χ2n) is 6.36. The molecule has 0 amide bonds. The normalized spacial score (nSPS) is 22.3. The number of rotatable bonds is 5. The minimum absolute atomic E-state index is 0.217. The Kier molecular flexibility index (Phi) is 6.22. The minimum Gasteiger partial charge on any atom is -0.462 e. The number of carbonyl (C=O) groups is 1. The van der Waals surface area contributed by atoms with Crippen LogP contribution in [0, 0.1) is 6.92 Å². The standard InChI is InChI=1S/C18H26O4S/c1-3-6-18(19)22-15-7-4-5-8-17(13-15)23(20,21)16-11-9-14(2)10-12-16/h9-12,15,17H,3-8,13H2,1-2H3/t15-,17-/m1/s1. The maximum absolute atomic E-state index is 12.9. The molecule has 1 aromatic carbocycles. The lowest BCUT2D eigenvalue weighted by molar-refractivity contribution is -0.149. The van der Waals surface area contributed by atoms with Crippen LogP contribution >= 0.6 is 0 Å². The SMILES string of the molecule is CCCC(=O)O[C@@H]1CCCC[C@@H](S(=O)(=O)c2ccc(C)cc2)C1. The molecule has 1 fully saturated rings. The van der Waals surface area contributed by atoms with Crippen LogP contribution in [0.5, 0.6) is 0 Å². The van der Waals surface area contributed by atoms with E-state index in [2.05, 4.69) is 0 Å². The maximum atomic E-state index is 12.9. The van der Waals surface area contributed by atoms with E-state index in [9.17, 15) is 13.2 Å². The van der Waals surface area contributed by atoms with Gasteiger partial charge in [0, 0.05) is 12.8 Å². The lowest BCUT2D eigenvalue weighted by atomic mass is 10.1. The summed E-state index contributed by atoms with van der Waals surface area (Å²) in [7, 11) is -3.37. The molecule has 0 spiro atoms. The summed E-state index contributed by atoms with van der Waals surface area (Å²) in [6.45, 7) is 3.87. The van der Waals surface area contributed by atoms with Crippen LogP contribution in [0.15, 0.2) is 29.2 Å². The topological polar surface area (TPSA) is 60.4 Å². The number of carbonyl (C=O) groups excluding carboxylic acids is 1. The summed E-state index contributed by atoms with van der Waals surface area (Å²) in [6.07, 6.45) is 4.44. The predicted octanol–water partition coefficient (Wildman–Crippen LogP) is 3.81. The molecule has 1 aliphatic carbocycles. The van der Waals surface area contributed by atoms with Gasteiger partial charge in [-0.15, -0.1) is 0 Å². The van der Waals surface area contributed by atoms with E-state index in [1.54, 1.807) is 12.1 Å². The number of hydrogen-bond acceptors (Lipinski definition) is 4. The molecule has 128 valence electrons. The van der Waals surface area contributed by atoms with E-state index in [0.717, 1.165) is 31.2 Å². The van der Waals surface area contributed by atoms with E-state index < -0.39 is 15.1 Å². The molecule has 0 aliphatic heterocycles. The Hall–Kier alpha value is -1.36. The monoisotopic (exact) mass is 338 g/mol. The summed E-state index contributed by atoms with van der Waals surface area (Å²) in [5.74, 6) is -0.217. The highest BCUT2D eigenvalue weighted by Gasteiger charge is 2.32. The maximum Gasteiger partial charge on any atom is 0.306 e. The molecule has 0 radical (unpaired) electrons. The highest BCUT2D eigenvalue weighted by atomic mass is 32.2. The Labute approximate surface area is 139 Å². The first-order valence-electron chi connectivity index (χ1n) is 8.43. The van der Waals surface area contributed by atoms with Gasteiger partial charge in [-0.2, -0.15) is 0 Å². The first-order valence-corrected chi connectivity index (χ1v) is 9.98. The van der Waals surface area contributed by atoms with Crippen molar-refractivity contribution in [3.63, 3.8) is 0 Å². The molecular formula is C18H26O4S. The summed E-state index contributed by atoms with van der Waals surface area (Å²) < 4.78 is 31.2. The first-order chi connectivity index (χ1) is 10.9. The molecule has 0 saturated heterocycles. The van der Waals surface area contributed by atoms with E-state index in [-0.39, 0.29) is 12.1 Å². The van der Waals surface area contributed by atoms with Gasteiger partial charge in [-0.3, -0.25) is 4.79 Å². The van der Waals surface area contributed by atoms with Gasteiger partial charge in [0.2, 0.25) is 0 Å². The predicted molar refractivity (Wildman–Crippen MR) is 90.0 cm³/mol. The smallest absolute Gasteiger partial charge is 0.306 e. The van der Waals surface area contributed by atoms with Crippen molar-refractivity contribution < 1.29 is 17.9 Å². The molecule has 1 saturated carbocycles. The molecule has 2 atom stereocenters. The molecule has 5 heteroatoms. The van der Waals surface area contributed by atoms with Crippen molar-refractivity contribution in [2.75, 3.05) is 0 Å². The van der Waals surface area contributed by atoms with Crippen molar-refractivity contribution in [2.45, 2.75) is 75.0 Å². The first kappa shape index (κ1) is 18.0. The van der Waals surface area contributed by atoms with Crippen LogP contribution in [-0.4, -0.2) is 25.7 Å². The molecule has 0 aromatic heterocycles. The molecule has 0 bridgehead atoms. The summed E-state index contributed by atoms with van der Waals surface area (Å²) in [4.78, 5) is 12.1. The van der Waals surface area contributed by atoms with Crippen molar-refractivity contribution in [1.82, 2.24) is 0 Å². The van der Waals surface area contributed by atoms with Crippen molar-refractivity contribution in [3.8, 4) is 0 Å². The van der Waals surface area contributed by atoms with Crippen molar-refractivity contribution in [3.05, 3.63) is 29.8 Å². The third-order valence-corrected chi connectivity index (χ3v) is 6.60. The number of ether oxygens (including phenoxy) is 1. The van der Waals surface area contributed by atoms with Crippen LogP contribution in [0.3, 0.4) is 0 Å². The summed E-state index contributed by atoms with van der Waals surface area (Å²) in [6, 6.07) is 6.99. The molecule has 0 N–H and O–H groups in total. The molecule has 1 aliphatic rings. The number of benzene rings is 1. The third kappa shape index (κ3) is 4.80. The number of aryl methyl sites for hydroxylation is 1. The Morgan fingerprint density at radius 3 is 2.48 bits per heavy atom. The van der Waals surface area contributed by atoms with Gasteiger partial charge in [-0.05, 0) is 44.7 Å². The Morgan fingerprint density at radius 1 is 1.17 bits per heavy atom. The highest BCUT2D eigenvalue weighted by molar-refractivity contribution is 7.92. The minimum atomic E-state index is -3.37. The molecular weight excluding hydrogens is 312 g/mol. The Bertz CT molecular complexity index is 619. The van der Waals surface area contributed by atoms with Gasteiger partial charge in [0.05, 0.1) is 10.1 Å². The van der Waals surface area contributed by atoms with E-state index >= 15 is 0 Å². The number of esters is 1. The fraction of sp³-hybridized carbons (Fsp3) is 0.611. The molecule has 1 aromatic rings. The van der Waals surface area contributed by atoms with Crippen LogP contribution < -0.4 is 0 Å². The van der Waals surface area contributed by atoms with Gasteiger partial charge in [0.25, 0.3) is 0 Å². The second kappa shape index (κ2) is 7.95. The van der Waals surface area contributed by atoms with E-state index in [0.29, 0.717) is 24.2 Å². The fourth-order valence-corrected chi connectivity index (χ4v) is 4.88. The van der Waals surface area contributed by atoms with Crippen LogP contribution in [0.2, 0.25) is 0 Å². The Morgan fingerprint density at radius 2 is 1.83 bits per heavy atom. The largest absolute Gasteiger partial charge is 0.462 e. The average molecular weight is 338 g/mol. The van der Waals surface area contributed by atoms with Crippen LogP contribution in [0.1, 0.15) is 57.4 Å². The Balaban J connectivity index is 2.13. The zero-order valence-corrected chi connectivity index (χ0v) is 14.8. The van der Waals surface area contributed by atoms with Gasteiger partial charge >= 0.3 is 5.97 Å². The van der Waals surface area contributed by atoms with Gasteiger partial charge in [-0.1, -0.05) is 31.0 Å². The van der Waals surface area contributed by atoms with E-state index in [1.807, 2.05) is 26.0 Å². The molecule has 0 heterocycles. The summed E-state index contributed by atoms with van der Waals surface area (Å²) in [5.41, 5.74) is 1.04. The van der Waals surface area contributed by atoms with Crippen LogP contribution in [0.25, 0.3) is 0 Å². The lowest BCUT2D eigenvalue weighted by Crippen LogP contribution is -2.27. The molecule has 0 unspecified atom stereocenters. The lowest BCUT2D eigenvalue weighted by Gasteiger charge is -2.21. The van der Waals surface area contributed by atoms with E-state index in [1.165, 1.54) is 0 Å². The highest BCUT2D eigenvalue weighted by Crippen LogP contribution is 2.29. The van der Waals surface area contributed by atoms with Crippen LogP contribution in [-0.2, 0) is 19.4 Å². The number of sulfone groups is 1. The summed E-state index contributed by atoms with van der Waals surface area (Å²) >= 11 is 0. The van der Waals surface area contributed by atoms with Gasteiger partial charge in [0.15, 0.2) is 9.84 Å². The average Bonchev–Trinajstić information content (AvgIpc) is 2.74. The van der Waals surface area contributed by atoms with Crippen molar-refractivity contribution in [2.24, 2.45) is 0 Å². The molecule has 4 nitrogen and oxygen atoms in total. The van der Waals surface area contributed by atoms with Gasteiger partial charge in [0.1, 0.15) is 6.10 Å². The van der Waals surface area contributed by atoms with E-state index in [4.69, 9.17) is 4.74 Å². The van der Waals surface area contributed by atoms with Crippen molar-refractivity contribution >= 4 is 15.8 Å². The summed E-state index contributed by atoms with van der Waals surface area (Å²) in [5, 5.41) is -0.466. The fourth-order valence-electron chi connectivity index (χ4n) is 3.03. The zero-order chi connectivity index (χ0) is 16.9. The van der Waals surface area contributed by atoms with Crippen LogP contribution in [0.4, 0.5) is 0 Å². The second-order valence-corrected chi connectivity index (χ2v) is 8.59. The van der Waals surface area contributed by atoms with Gasteiger partial charge < -0.3 is 4.74 Å². The van der Waals surface area contributed by atoms with Gasteiger partial charge in [-0.25, -0.2) is 8.42 Å².